The fourth-order valence-electron chi connectivity index (χ4n) is 1.82. The molecule has 0 radical (unpaired) electrons. The van der Waals surface area contributed by atoms with Crippen LogP contribution in [-0.2, 0) is 0 Å². The average Bonchev–Trinajstić information content (AvgIpc) is 2.74. The second kappa shape index (κ2) is 2.93. The number of hydrogen-bond donors (Lipinski definition) is 1. The molecule has 1 aliphatic rings. The average molecular weight is 202 g/mol. The highest BCUT2D eigenvalue weighted by Gasteiger charge is 2.48. The highest BCUT2D eigenvalue weighted by Crippen LogP contribution is 2.57. The lowest BCUT2D eigenvalue weighted by Crippen LogP contribution is -2.06. The third-order valence-electron chi connectivity index (χ3n) is 3.07. The van der Waals surface area contributed by atoms with E-state index in [9.17, 15) is 0 Å². The smallest absolute Gasteiger partial charge is 0.145 e. The molecule has 4 heteroatoms. The number of nitrogens with zero attached hydrogens (tertiary/aromatic N) is 3. The van der Waals surface area contributed by atoms with E-state index in [4.69, 9.17) is 11.0 Å². The van der Waals surface area contributed by atoms with Crippen LogP contribution in [0.4, 0.5) is 5.82 Å². The van der Waals surface area contributed by atoms with Crippen LogP contribution in [0.3, 0.4) is 0 Å². The highest BCUT2D eigenvalue weighted by atomic mass is 15.0. The van der Waals surface area contributed by atoms with Crippen molar-refractivity contribution in [2.45, 2.75) is 33.1 Å². The number of hydrogen-bond acceptors (Lipinski definition) is 4. The van der Waals surface area contributed by atoms with E-state index in [0.29, 0.717) is 23.0 Å². The standard InChI is InChI=1S/C11H14N4/c1-6-7(5-12)9(13)15-10(14-6)8-4-11(8,2)3/h8H,4H2,1-3H3,(H2,13,14,15). The van der Waals surface area contributed by atoms with E-state index in [-0.39, 0.29) is 5.41 Å². The first kappa shape index (κ1) is 9.91. The van der Waals surface area contributed by atoms with E-state index >= 15 is 0 Å². The molecular weight excluding hydrogens is 188 g/mol. The lowest BCUT2D eigenvalue weighted by molar-refractivity contribution is 0.608. The van der Waals surface area contributed by atoms with E-state index in [0.717, 1.165) is 12.2 Å². The van der Waals surface area contributed by atoms with E-state index in [1.54, 1.807) is 6.92 Å². The molecule has 1 atom stereocenters. The molecule has 0 bridgehead atoms. The zero-order valence-electron chi connectivity index (χ0n) is 9.20. The Morgan fingerprint density at radius 1 is 1.47 bits per heavy atom. The fraction of sp³-hybridized carbons (Fsp3) is 0.545. The Morgan fingerprint density at radius 3 is 2.47 bits per heavy atom. The Labute approximate surface area is 89.2 Å². The molecule has 1 saturated carbocycles. The largest absolute Gasteiger partial charge is 0.382 e. The molecular formula is C11H14N4. The van der Waals surface area contributed by atoms with Gasteiger partial charge in [-0.1, -0.05) is 13.8 Å². The van der Waals surface area contributed by atoms with Crippen LogP contribution in [0.1, 0.15) is 43.3 Å². The molecule has 0 aliphatic heterocycles. The second-order valence-corrected chi connectivity index (χ2v) is 4.78. The van der Waals surface area contributed by atoms with Crippen molar-refractivity contribution in [3.05, 3.63) is 17.1 Å². The number of nitrogen functional groups attached to an aromatic ring is 1. The number of rotatable bonds is 1. The topological polar surface area (TPSA) is 75.6 Å². The Bertz CT molecular complexity index is 433. The maximum Gasteiger partial charge on any atom is 0.145 e. The van der Waals surface area contributed by atoms with E-state index in [1.165, 1.54) is 0 Å². The summed E-state index contributed by atoms with van der Waals surface area (Å²) < 4.78 is 0. The summed E-state index contributed by atoms with van der Waals surface area (Å²) in [6, 6.07) is 2.02. The summed E-state index contributed by atoms with van der Waals surface area (Å²) in [4.78, 5) is 8.56. The van der Waals surface area contributed by atoms with Crippen LogP contribution >= 0.6 is 0 Å². The second-order valence-electron chi connectivity index (χ2n) is 4.78. The van der Waals surface area contributed by atoms with Gasteiger partial charge in [-0.25, -0.2) is 9.97 Å². The number of nitriles is 1. The summed E-state index contributed by atoms with van der Waals surface area (Å²) in [5.41, 5.74) is 7.08. The van der Waals surface area contributed by atoms with Crippen molar-refractivity contribution < 1.29 is 0 Å². The summed E-state index contributed by atoms with van der Waals surface area (Å²) in [6.45, 7) is 6.17. The molecule has 0 aromatic carbocycles. The van der Waals surface area contributed by atoms with Gasteiger partial charge in [0.15, 0.2) is 0 Å². The zero-order chi connectivity index (χ0) is 11.2. The Hall–Kier alpha value is -1.63. The number of aryl methyl sites for hydroxylation is 1. The van der Waals surface area contributed by atoms with Gasteiger partial charge < -0.3 is 5.73 Å². The molecule has 1 aromatic rings. The minimum Gasteiger partial charge on any atom is -0.382 e. The third kappa shape index (κ3) is 1.54. The Kier molecular flexibility index (Phi) is 1.93. The molecule has 2 N–H and O–H groups in total. The van der Waals surface area contributed by atoms with Crippen LogP contribution < -0.4 is 5.73 Å². The van der Waals surface area contributed by atoms with Crippen LogP contribution in [-0.4, -0.2) is 9.97 Å². The highest BCUT2D eigenvalue weighted by molar-refractivity contribution is 5.51. The molecule has 2 rings (SSSR count). The Morgan fingerprint density at radius 2 is 2.07 bits per heavy atom. The first-order chi connectivity index (χ1) is 6.95. The molecule has 1 aromatic heterocycles. The van der Waals surface area contributed by atoms with Gasteiger partial charge in [0.2, 0.25) is 0 Å². The maximum absolute atomic E-state index is 8.84. The fourth-order valence-corrected chi connectivity index (χ4v) is 1.82. The molecule has 1 aliphatic carbocycles. The third-order valence-corrected chi connectivity index (χ3v) is 3.07. The van der Waals surface area contributed by atoms with Gasteiger partial charge in [0.25, 0.3) is 0 Å². The number of anilines is 1. The lowest BCUT2D eigenvalue weighted by atomic mass is 10.1. The summed E-state index contributed by atoms with van der Waals surface area (Å²) in [5.74, 6) is 1.49. The summed E-state index contributed by atoms with van der Waals surface area (Å²) >= 11 is 0. The van der Waals surface area contributed by atoms with Crippen molar-refractivity contribution in [3.8, 4) is 6.07 Å². The molecule has 1 heterocycles. The van der Waals surface area contributed by atoms with Crippen LogP contribution in [0, 0.1) is 23.7 Å². The lowest BCUT2D eigenvalue weighted by Gasteiger charge is -2.06. The monoisotopic (exact) mass is 202 g/mol. The first-order valence-corrected chi connectivity index (χ1v) is 5.00. The Balaban J connectivity index is 2.42. The summed E-state index contributed by atoms with van der Waals surface area (Å²) in [5, 5.41) is 8.84. The number of nitrogens with two attached hydrogens (primary N) is 1. The van der Waals surface area contributed by atoms with Gasteiger partial charge in [-0.15, -0.1) is 0 Å². The number of aromatic nitrogens is 2. The van der Waals surface area contributed by atoms with Crippen LogP contribution in [0.25, 0.3) is 0 Å². The van der Waals surface area contributed by atoms with E-state index in [1.807, 2.05) is 6.07 Å². The van der Waals surface area contributed by atoms with Crippen molar-refractivity contribution in [2.24, 2.45) is 5.41 Å². The molecule has 78 valence electrons. The van der Waals surface area contributed by atoms with E-state index in [2.05, 4.69) is 23.8 Å². The van der Waals surface area contributed by atoms with Crippen LogP contribution in [0.2, 0.25) is 0 Å². The quantitative estimate of drug-likeness (QED) is 0.752. The van der Waals surface area contributed by atoms with Crippen molar-refractivity contribution in [2.75, 3.05) is 5.73 Å². The van der Waals surface area contributed by atoms with Crippen molar-refractivity contribution >= 4 is 5.82 Å². The van der Waals surface area contributed by atoms with Gasteiger partial charge in [-0.05, 0) is 18.8 Å². The predicted octanol–water partition coefficient (Wildman–Crippen LogP) is 1.75. The SMILES string of the molecule is Cc1nc(C2CC2(C)C)nc(N)c1C#N. The van der Waals surface area contributed by atoms with Gasteiger partial charge >= 0.3 is 0 Å². The van der Waals surface area contributed by atoms with Crippen molar-refractivity contribution in [3.63, 3.8) is 0 Å². The van der Waals surface area contributed by atoms with Gasteiger partial charge in [0.1, 0.15) is 23.3 Å². The molecule has 4 nitrogen and oxygen atoms in total. The molecule has 1 fully saturated rings. The molecule has 0 saturated heterocycles. The normalized spacial score (nSPS) is 22.1. The molecule has 15 heavy (non-hydrogen) atoms. The van der Waals surface area contributed by atoms with Crippen LogP contribution in [0.5, 0.6) is 0 Å². The summed E-state index contributed by atoms with van der Waals surface area (Å²) in [6.07, 6.45) is 1.10. The van der Waals surface area contributed by atoms with Gasteiger partial charge in [-0.2, -0.15) is 5.26 Å². The van der Waals surface area contributed by atoms with Gasteiger partial charge in [0.05, 0.1) is 5.69 Å². The maximum atomic E-state index is 8.84. The minimum absolute atomic E-state index is 0.285. The van der Waals surface area contributed by atoms with Gasteiger partial charge in [-0.3, -0.25) is 0 Å². The molecule has 0 spiro atoms. The zero-order valence-corrected chi connectivity index (χ0v) is 9.20. The summed E-state index contributed by atoms with van der Waals surface area (Å²) in [7, 11) is 0. The molecule has 0 amide bonds. The van der Waals surface area contributed by atoms with Crippen LogP contribution in [0.15, 0.2) is 0 Å². The van der Waals surface area contributed by atoms with E-state index < -0.39 is 0 Å². The molecule has 1 unspecified atom stereocenters. The van der Waals surface area contributed by atoms with Gasteiger partial charge in [0, 0.05) is 5.92 Å². The van der Waals surface area contributed by atoms with Crippen molar-refractivity contribution in [1.82, 2.24) is 9.97 Å². The van der Waals surface area contributed by atoms with Crippen molar-refractivity contribution in [1.29, 1.82) is 5.26 Å². The predicted molar refractivity (Wildman–Crippen MR) is 57.0 cm³/mol. The minimum atomic E-state index is 0.285. The first-order valence-electron chi connectivity index (χ1n) is 5.00.